The number of carbonyl (C=O) groups excluding carboxylic acids is 1. The van der Waals surface area contributed by atoms with E-state index in [1.807, 2.05) is 24.3 Å². The van der Waals surface area contributed by atoms with Crippen LogP contribution in [-0.4, -0.2) is 18.3 Å². The van der Waals surface area contributed by atoms with Gasteiger partial charge in [-0.25, -0.2) is 4.39 Å². The van der Waals surface area contributed by atoms with Crippen molar-refractivity contribution in [1.29, 1.82) is 0 Å². The number of anilines is 1. The van der Waals surface area contributed by atoms with E-state index in [1.54, 1.807) is 0 Å². The van der Waals surface area contributed by atoms with E-state index in [0.717, 1.165) is 17.8 Å². The van der Waals surface area contributed by atoms with Gasteiger partial charge in [-0.2, -0.15) is 0 Å². The zero-order chi connectivity index (χ0) is 15.2. The summed E-state index contributed by atoms with van der Waals surface area (Å²) in [5.74, 6) is -0.798. The number of alkyl halides is 1. The number of benzene rings is 2. The molecule has 0 saturated heterocycles. The van der Waals surface area contributed by atoms with Gasteiger partial charge in [0.2, 0.25) is 0 Å². The zero-order valence-corrected chi connectivity index (χ0v) is 13.1. The normalized spacial score (nSPS) is 10.2. The quantitative estimate of drug-likeness (QED) is 0.826. The Hall–Kier alpha value is -1.88. The molecule has 0 aliphatic heterocycles. The molecule has 110 valence electrons. The van der Waals surface area contributed by atoms with E-state index in [9.17, 15) is 9.18 Å². The van der Waals surface area contributed by atoms with E-state index in [-0.39, 0.29) is 17.2 Å². The molecular weight excluding hydrogens is 337 g/mol. The van der Waals surface area contributed by atoms with Gasteiger partial charge >= 0.3 is 0 Å². The van der Waals surface area contributed by atoms with Crippen molar-refractivity contribution in [2.45, 2.75) is 6.42 Å². The second-order valence-corrected chi connectivity index (χ2v) is 5.23. The first-order valence-electron chi connectivity index (χ1n) is 6.44. The topological polar surface area (TPSA) is 38.3 Å². The minimum Gasteiger partial charge on any atom is -0.494 e. The van der Waals surface area contributed by atoms with Crippen LogP contribution in [0.2, 0.25) is 0 Å². The molecule has 21 heavy (non-hydrogen) atoms. The van der Waals surface area contributed by atoms with E-state index in [1.165, 1.54) is 24.8 Å². The fourth-order valence-electron chi connectivity index (χ4n) is 1.87. The van der Waals surface area contributed by atoms with Crippen LogP contribution in [0.15, 0.2) is 42.5 Å². The highest BCUT2D eigenvalue weighted by Crippen LogP contribution is 2.19. The van der Waals surface area contributed by atoms with Crippen molar-refractivity contribution in [3.8, 4) is 5.75 Å². The molecule has 0 spiro atoms. The summed E-state index contributed by atoms with van der Waals surface area (Å²) in [6, 6.07) is 11.7. The lowest BCUT2D eigenvalue weighted by atomic mass is 10.1. The lowest BCUT2D eigenvalue weighted by Crippen LogP contribution is -2.12. The second-order valence-electron chi connectivity index (χ2n) is 4.44. The smallest absolute Gasteiger partial charge is 0.255 e. The van der Waals surface area contributed by atoms with Crippen LogP contribution < -0.4 is 10.1 Å². The van der Waals surface area contributed by atoms with E-state index >= 15 is 0 Å². The third-order valence-corrected chi connectivity index (χ3v) is 3.41. The Balaban J connectivity index is 2.08. The molecule has 0 radical (unpaired) electrons. The van der Waals surface area contributed by atoms with Crippen LogP contribution in [0.1, 0.15) is 15.9 Å². The van der Waals surface area contributed by atoms with Gasteiger partial charge in [-0.05, 0) is 42.3 Å². The number of rotatable bonds is 5. The number of nitrogens with one attached hydrogen (secondary N) is 1. The Bertz CT molecular complexity index is 629. The lowest BCUT2D eigenvalue weighted by Gasteiger charge is -2.08. The van der Waals surface area contributed by atoms with Gasteiger partial charge in [0.05, 0.1) is 7.11 Å². The fraction of sp³-hybridized carbons (Fsp3) is 0.188. The maximum Gasteiger partial charge on any atom is 0.255 e. The van der Waals surface area contributed by atoms with E-state index in [4.69, 9.17) is 4.74 Å². The first kappa shape index (κ1) is 15.5. The van der Waals surface area contributed by atoms with Crippen LogP contribution in [0.4, 0.5) is 10.1 Å². The van der Waals surface area contributed by atoms with Crippen molar-refractivity contribution in [3.63, 3.8) is 0 Å². The van der Waals surface area contributed by atoms with Gasteiger partial charge in [-0.15, -0.1) is 0 Å². The summed E-state index contributed by atoms with van der Waals surface area (Å²) in [6.45, 7) is 0. The van der Waals surface area contributed by atoms with Gasteiger partial charge < -0.3 is 10.1 Å². The highest BCUT2D eigenvalue weighted by Gasteiger charge is 2.10. The number of carbonyl (C=O) groups is 1. The number of ether oxygens (including phenoxy) is 1. The van der Waals surface area contributed by atoms with Crippen LogP contribution in [0.25, 0.3) is 0 Å². The molecule has 0 atom stereocenters. The van der Waals surface area contributed by atoms with Gasteiger partial charge in [-0.1, -0.05) is 28.1 Å². The van der Waals surface area contributed by atoms with Crippen LogP contribution in [0.5, 0.6) is 5.75 Å². The third kappa shape index (κ3) is 4.04. The molecule has 0 aromatic heterocycles. The highest BCUT2D eigenvalue weighted by atomic mass is 79.9. The molecule has 0 aliphatic rings. The molecule has 0 aliphatic carbocycles. The average Bonchev–Trinajstić information content (AvgIpc) is 2.49. The van der Waals surface area contributed by atoms with Gasteiger partial charge in [0, 0.05) is 16.6 Å². The summed E-state index contributed by atoms with van der Waals surface area (Å²) >= 11 is 3.38. The van der Waals surface area contributed by atoms with Crippen molar-refractivity contribution >= 4 is 27.5 Å². The average molecular weight is 352 g/mol. The minimum atomic E-state index is -0.558. The first-order valence-corrected chi connectivity index (χ1v) is 7.56. The Morgan fingerprint density at radius 2 is 1.95 bits per heavy atom. The summed E-state index contributed by atoms with van der Waals surface area (Å²) in [6.07, 6.45) is 0.928. The van der Waals surface area contributed by atoms with E-state index in [2.05, 4.69) is 21.2 Å². The van der Waals surface area contributed by atoms with Crippen molar-refractivity contribution < 1.29 is 13.9 Å². The van der Waals surface area contributed by atoms with Crippen LogP contribution >= 0.6 is 15.9 Å². The number of hydrogen-bond donors (Lipinski definition) is 1. The van der Waals surface area contributed by atoms with Gasteiger partial charge in [0.25, 0.3) is 5.91 Å². The number of aryl methyl sites for hydroxylation is 1. The van der Waals surface area contributed by atoms with Gasteiger partial charge in [0.15, 0.2) is 11.6 Å². The van der Waals surface area contributed by atoms with Gasteiger partial charge in [0.1, 0.15) is 0 Å². The molecule has 2 aromatic rings. The number of halogens is 2. The van der Waals surface area contributed by atoms with Crippen molar-refractivity contribution in [1.82, 2.24) is 0 Å². The summed E-state index contributed by atoms with van der Waals surface area (Å²) in [5, 5.41) is 3.63. The molecular formula is C16H15BrFNO2. The Labute approximate surface area is 131 Å². The third-order valence-electron chi connectivity index (χ3n) is 3.01. The molecule has 2 rings (SSSR count). The molecule has 3 nitrogen and oxygen atoms in total. The summed E-state index contributed by atoms with van der Waals surface area (Å²) < 4.78 is 18.4. The van der Waals surface area contributed by atoms with Crippen LogP contribution in [0, 0.1) is 5.82 Å². The molecule has 0 fully saturated rings. The highest BCUT2D eigenvalue weighted by molar-refractivity contribution is 9.09. The van der Waals surface area contributed by atoms with E-state index < -0.39 is 5.82 Å². The van der Waals surface area contributed by atoms with Crippen molar-refractivity contribution in [2.75, 3.05) is 17.8 Å². The van der Waals surface area contributed by atoms with Crippen molar-refractivity contribution in [3.05, 3.63) is 59.4 Å². The molecule has 0 heterocycles. The molecule has 0 bridgehead atoms. The second kappa shape index (κ2) is 7.22. The SMILES string of the molecule is COc1ccc(C(=O)Nc2ccc(CCBr)cc2)cc1F. The van der Waals surface area contributed by atoms with Crippen LogP contribution in [-0.2, 0) is 6.42 Å². The molecule has 0 saturated carbocycles. The van der Waals surface area contributed by atoms with Gasteiger partial charge in [-0.3, -0.25) is 4.79 Å². The fourth-order valence-corrected chi connectivity index (χ4v) is 2.33. The monoisotopic (exact) mass is 351 g/mol. The first-order chi connectivity index (χ1) is 10.1. The largest absolute Gasteiger partial charge is 0.494 e. The zero-order valence-electron chi connectivity index (χ0n) is 11.5. The molecule has 0 unspecified atom stereocenters. The van der Waals surface area contributed by atoms with Crippen LogP contribution in [0.3, 0.4) is 0 Å². The summed E-state index contributed by atoms with van der Waals surface area (Å²) in [4.78, 5) is 12.1. The molecule has 5 heteroatoms. The standard InChI is InChI=1S/C16H15BrFNO2/c1-21-15-7-4-12(10-14(15)18)16(20)19-13-5-2-11(3-6-13)8-9-17/h2-7,10H,8-9H2,1H3,(H,19,20). The predicted molar refractivity (Wildman–Crippen MR) is 84.8 cm³/mol. The number of hydrogen-bond acceptors (Lipinski definition) is 2. The summed E-state index contributed by atoms with van der Waals surface area (Å²) in [7, 11) is 1.38. The number of amides is 1. The van der Waals surface area contributed by atoms with E-state index in [0.29, 0.717) is 5.69 Å². The maximum atomic E-state index is 13.6. The Kier molecular flexibility index (Phi) is 5.33. The Morgan fingerprint density at radius 1 is 1.24 bits per heavy atom. The minimum absolute atomic E-state index is 0.116. The number of methoxy groups -OCH3 is 1. The lowest BCUT2D eigenvalue weighted by molar-refractivity contribution is 0.102. The predicted octanol–water partition coefficient (Wildman–Crippen LogP) is 4.02. The molecule has 1 amide bonds. The maximum absolute atomic E-state index is 13.6. The summed E-state index contributed by atoms with van der Waals surface area (Å²) in [5.41, 5.74) is 2.10. The molecule has 2 aromatic carbocycles. The van der Waals surface area contributed by atoms with Crippen molar-refractivity contribution in [2.24, 2.45) is 0 Å². The Morgan fingerprint density at radius 3 is 2.52 bits per heavy atom. The molecule has 1 N–H and O–H groups in total.